The van der Waals surface area contributed by atoms with E-state index in [0.717, 1.165) is 31.9 Å². The van der Waals surface area contributed by atoms with Crippen molar-refractivity contribution in [2.75, 3.05) is 27.4 Å². The molecule has 5 atom stereocenters. The average Bonchev–Trinajstić information content (AvgIpc) is 3.33. The van der Waals surface area contributed by atoms with Gasteiger partial charge >= 0.3 is 20.0 Å². The van der Waals surface area contributed by atoms with E-state index >= 15 is 0 Å². The van der Waals surface area contributed by atoms with Gasteiger partial charge in [0.1, 0.15) is 25.4 Å². The Morgan fingerprint density at radius 2 is 1.45 bits per heavy atom. The highest BCUT2D eigenvalue weighted by Crippen LogP contribution is 2.48. The lowest BCUT2D eigenvalue weighted by molar-refractivity contribution is -0.0321. The fourth-order valence-corrected chi connectivity index (χ4v) is 6.22. The van der Waals surface area contributed by atoms with Crippen molar-refractivity contribution in [2.45, 2.75) is 122 Å². The lowest BCUT2D eigenvalue weighted by Gasteiger charge is -2.27. The van der Waals surface area contributed by atoms with E-state index in [9.17, 15) is 19.0 Å². The summed E-state index contributed by atoms with van der Waals surface area (Å²) in [4.78, 5) is 34.9. The molecule has 2 rings (SSSR count). The molecule has 0 aliphatic heterocycles. The van der Waals surface area contributed by atoms with Crippen molar-refractivity contribution >= 4 is 20.0 Å². The highest BCUT2D eigenvalue weighted by Gasteiger charge is 2.48. The van der Waals surface area contributed by atoms with Crippen LogP contribution in [0.3, 0.4) is 0 Å². The molecule has 11 nitrogen and oxygen atoms in total. The molecule has 1 fully saturated rings. The summed E-state index contributed by atoms with van der Waals surface area (Å²) in [6, 6.07) is 8.25. The van der Waals surface area contributed by atoms with E-state index in [1.807, 2.05) is 30.3 Å². The Labute approximate surface area is 263 Å². The summed E-state index contributed by atoms with van der Waals surface area (Å²) in [5, 5.41) is 5.77. The van der Waals surface area contributed by atoms with Crippen molar-refractivity contribution in [2.24, 2.45) is 5.92 Å². The Morgan fingerprint density at radius 1 is 0.864 bits per heavy atom. The quantitative estimate of drug-likeness (QED) is 0.0638. The van der Waals surface area contributed by atoms with Crippen LogP contribution in [0, 0.1) is 5.92 Å². The highest BCUT2D eigenvalue weighted by atomic mass is 31.2. The maximum atomic E-state index is 12.7. The Hall–Kier alpha value is -2.17. The first-order valence-corrected chi connectivity index (χ1v) is 17.8. The van der Waals surface area contributed by atoms with Gasteiger partial charge in [0, 0.05) is 26.7 Å². The Bertz CT molecular complexity index is 968. The molecular weight excluding hydrogens is 587 g/mol. The topological polar surface area (TPSA) is 142 Å². The highest BCUT2D eigenvalue weighted by molar-refractivity contribution is 7.47. The van der Waals surface area contributed by atoms with E-state index in [-0.39, 0.29) is 25.7 Å². The standard InChI is InChI=1S/C32H55N2O9P/c1-4-5-6-7-8-9-10-11-12-13-14-15-19-22-33-31(35)34-28-23-27(29(30(28)39-2)43-44(37,38)40-3)25-42-32(36)41-24-26-20-17-16-18-21-26/h16-18,20-21,27-30H,4-15,19,22-25H2,1-3H3,(H,37,38)(H2,33,34,35)/t27-,28+,29?,30-/m1/s1. The molecule has 0 heterocycles. The van der Waals surface area contributed by atoms with Gasteiger partial charge in [-0.3, -0.25) is 9.05 Å². The van der Waals surface area contributed by atoms with E-state index in [2.05, 4.69) is 22.1 Å². The number of phosphoric ester groups is 1. The molecule has 2 unspecified atom stereocenters. The van der Waals surface area contributed by atoms with Crippen molar-refractivity contribution < 1.29 is 42.3 Å². The predicted octanol–water partition coefficient (Wildman–Crippen LogP) is 7.27. The van der Waals surface area contributed by atoms with Gasteiger partial charge in [-0.1, -0.05) is 114 Å². The predicted molar refractivity (Wildman–Crippen MR) is 169 cm³/mol. The second-order valence-electron chi connectivity index (χ2n) is 11.5. The Morgan fingerprint density at radius 3 is 2.02 bits per heavy atom. The molecule has 252 valence electrons. The van der Waals surface area contributed by atoms with Gasteiger partial charge in [-0.2, -0.15) is 0 Å². The lowest BCUT2D eigenvalue weighted by Crippen LogP contribution is -2.48. The lowest BCUT2D eigenvalue weighted by atomic mass is 10.0. The van der Waals surface area contributed by atoms with Crippen molar-refractivity contribution in [3.63, 3.8) is 0 Å². The number of carbonyl (C=O) groups excluding carboxylic acids is 2. The minimum absolute atomic E-state index is 0.0457. The van der Waals surface area contributed by atoms with Crippen LogP contribution in [-0.2, 0) is 34.4 Å². The van der Waals surface area contributed by atoms with E-state index in [0.29, 0.717) is 6.54 Å². The van der Waals surface area contributed by atoms with Crippen LogP contribution in [0.2, 0.25) is 0 Å². The van der Waals surface area contributed by atoms with Crippen molar-refractivity contribution in [3.8, 4) is 0 Å². The Kier molecular flexibility index (Phi) is 19.3. The molecule has 44 heavy (non-hydrogen) atoms. The van der Waals surface area contributed by atoms with Crippen LogP contribution in [0.1, 0.15) is 102 Å². The number of nitrogens with one attached hydrogen (secondary N) is 2. The first-order chi connectivity index (χ1) is 21.3. The van der Waals surface area contributed by atoms with Crippen molar-refractivity contribution in [1.29, 1.82) is 0 Å². The van der Waals surface area contributed by atoms with Crippen molar-refractivity contribution in [1.82, 2.24) is 10.6 Å². The number of rotatable bonds is 23. The molecule has 0 radical (unpaired) electrons. The summed E-state index contributed by atoms with van der Waals surface area (Å²) in [6.45, 7) is 2.67. The molecule has 1 aliphatic rings. The minimum atomic E-state index is -4.40. The number of unbranched alkanes of at least 4 members (excludes halogenated alkanes) is 12. The number of methoxy groups -OCH3 is 1. The summed E-state index contributed by atoms with van der Waals surface area (Å²) >= 11 is 0. The van der Waals surface area contributed by atoms with E-state index in [1.54, 1.807) is 0 Å². The van der Waals surface area contributed by atoms with Crippen LogP contribution in [0.25, 0.3) is 0 Å². The number of benzene rings is 1. The van der Waals surface area contributed by atoms with Gasteiger partial charge in [0.15, 0.2) is 0 Å². The first-order valence-electron chi connectivity index (χ1n) is 16.3. The van der Waals surface area contributed by atoms with Gasteiger partial charge in [0.2, 0.25) is 0 Å². The van der Waals surface area contributed by atoms with Gasteiger partial charge in [0.05, 0.1) is 6.04 Å². The zero-order chi connectivity index (χ0) is 32.0. The van der Waals surface area contributed by atoms with Crippen LogP contribution in [-0.4, -0.2) is 62.7 Å². The minimum Gasteiger partial charge on any atom is -0.434 e. The number of ether oxygens (including phenoxy) is 3. The van der Waals surface area contributed by atoms with Crippen LogP contribution in [0.4, 0.5) is 9.59 Å². The molecule has 0 aromatic heterocycles. The number of hydrogen-bond donors (Lipinski definition) is 3. The van der Waals surface area contributed by atoms with Gasteiger partial charge in [-0.25, -0.2) is 14.2 Å². The molecule has 3 N–H and O–H groups in total. The largest absolute Gasteiger partial charge is 0.508 e. The molecule has 1 saturated carbocycles. The van der Waals surface area contributed by atoms with Gasteiger partial charge < -0.3 is 29.7 Å². The third-order valence-electron chi connectivity index (χ3n) is 8.00. The zero-order valence-electron chi connectivity index (χ0n) is 26.9. The molecule has 0 saturated heterocycles. The summed E-state index contributed by atoms with van der Waals surface area (Å²) in [5.74, 6) is -0.564. The van der Waals surface area contributed by atoms with Crippen LogP contribution in [0.5, 0.6) is 0 Å². The monoisotopic (exact) mass is 642 g/mol. The number of hydrogen-bond acceptors (Lipinski definition) is 8. The van der Waals surface area contributed by atoms with Crippen LogP contribution < -0.4 is 10.6 Å². The maximum Gasteiger partial charge on any atom is 0.508 e. The Balaban J connectivity index is 1.71. The molecule has 12 heteroatoms. The summed E-state index contributed by atoms with van der Waals surface area (Å²) < 4.78 is 38.3. The third kappa shape index (κ3) is 15.7. The SMILES string of the molecule is CCCCCCCCCCCCCCCNC(=O)N[C@H]1C[C@H](COC(=O)OCc2ccccc2)C(OP(=O)(O)OC)[C@@H]1OC. The molecule has 0 bridgehead atoms. The number of urea groups is 1. The summed E-state index contributed by atoms with van der Waals surface area (Å²) in [7, 11) is -1.91. The molecule has 0 spiro atoms. The molecular formula is C32H55N2O9P. The fraction of sp³-hybridized carbons (Fsp3) is 0.750. The van der Waals surface area contributed by atoms with Crippen molar-refractivity contribution in [3.05, 3.63) is 35.9 Å². The second-order valence-corrected chi connectivity index (χ2v) is 13.0. The van der Waals surface area contributed by atoms with Gasteiger partial charge in [0.25, 0.3) is 0 Å². The second kappa shape index (κ2) is 22.4. The molecule has 1 aromatic carbocycles. The van der Waals surface area contributed by atoms with E-state index in [1.165, 1.54) is 71.3 Å². The smallest absolute Gasteiger partial charge is 0.434 e. The van der Waals surface area contributed by atoms with E-state index in [4.69, 9.17) is 18.7 Å². The average molecular weight is 643 g/mol. The molecule has 2 amide bonds. The maximum absolute atomic E-state index is 12.7. The van der Waals surface area contributed by atoms with E-state index < -0.39 is 38.1 Å². The number of amides is 2. The van der Waals surface area contributed by atoms with Crippen LogP contribution >= 0.6 is 7.82 Å². The third-order valence-corrected chi connectivity index (χ3v) is 8.97. The number of phosphoric acid groups is 1. The fourth-order valence-electron chi connectivity index (χ4n) is 5.53. The van der Waals surface area contributed by atoms with Gasteiger partial charge in [-0.05, 0) is 18.4 Å². The van der Waals surface area contributed by atoms with Crippen LogP contribution in [0.15, 0.2) is 30.3 Å². The number of carbonyl (C=O) groups is 2. The summed E-state index contributed by atoms with van der Waals surface area (Å²) in [5.41, 5.74) is 0.807. The molecule has 1 aliphatic carbocycles. The zero-order valence-corrected chi connectivity index (χ0v) is 27.8. The normalized spacial score (nSPS) is 21.0. The first kappa shape index (κ1) is 38.0. The molecule has 1 aromatic rings. The summed E-state index contributed by atoms with van der Waals surface area (Å²) in [6.07, 6.45) is 14.0. The van der Waals surface area contributed by atoms with Gasteiger partial charge in [-0.15, -0.1) is 0 Å².